The number of ketones is 2. The first-order valence-electron chi connectivity index (χ1n) is 11.2. The number of anilines is 1. The third kappa shape index (κ3) is 7.62. The third-order valence-electron chi connectivity index (χ3n) is 5.21. The van der Waals surface area contributed by atoms with Gasteiger partial charge in [0.25, 0.3) is 0 Å². The Labute approximate surface area is 225 Å². The minimum absolute atomic E-state index is 0.00868. The first-order chi connectivity index (χ1) is 17.7. The van der Waals surface area contributed by atoms with Crippen molar-refractivity contribution >= 4 is 46.7 Å². The van der Waals surface area contributed by atoms with E-state index in [4.69, 9.17) is 17.3 Å². The smallest absolute Gasteiger partial charge is 0.324 e. The number of nitrogens with two attached hydrogens (primary N) is 1. The van der Waals surface area contributed by atoms with Crippen LogP contribution in [0, 0.1) is 0 Å². The second kappa shape index (κ2) is 11.6. The van der Waals surface area contributed by atoms with Crippen LogP contribution in [-0.4, -0.2) is 50.0 Å². The molecule has 3 aromatic heterocycles. The van der Waals surface area contributed by atoms with Gasteiger partial charge in [-0.25, -0.2) is 15.0 Å². The van der Waals surface area contributed by atoms with Gasteiger partial charge in [0, 0.05) is 48.6 Å². The number of pyridine rings is 1. The van der Waals surface area contributed by atoms with Gasteiger partial charge < -0.3 is 5.73 Å². The molecule has 9 nitrogen and oxygen atoms in total. The summed E-state index contributed by atoms with van der Waals surface area (Å²) < 4.78 is 39.3. The molecule has 0 spiro atoms. The summed E-state index contributed by atoms with van der Waals surface area (Å²) in [6.45, 7) is 5.42. The Morgan fingerprint density at radius 3 is 2.47 bits per heavy atom. The molecule has 0 fully saturated rings. The van der Waals surface area contributed by atoms with Gasteiger partial charge in [-0.1, -0.05) is 18.5 Å². The fourth-order valence-corrected chi connectivity index (χ4v) is 4.55. The molecule has 1 unspecified atom stereocenters. The minimum atomic E-state index is -4.67. The Balaban J connectivity index is 1.68. The van der Waals surface area contributed by atoms with Crippen molar-refractivity contribution in [2.24, 2.45) is 5.73 Å². The quantitative estimate of drug-likeness (QED) is 0.264. The van der Waals surface area contributed by atoms with Gasteiger partial charge in [0.1, 0.15) is 17.8 Å². The van der Waals surface area contributed by atoms with Crippen molar-refractivity contribution in [3.05, 3.63) is 62.7 Å². The van der Waals surface area contributed by atoms with Crippen LogP contribution in [0.1, 0.15) is 69.5 Å². The zero-order valence-electron chi connectivity index (χ0n) is 20.6. The Bertz CT molecular complexity index is 1340. The highest BCUT2D eigenvalue weighted by Crippen LogP contribution is 2.35. The lowest BCUT2D eigenvalue weighted by Gasteiger charge is -2.25. The molecule has 38 heavy (non-hydrogen) atoms. The minimum Gasteiger partial charge on any atom is -0.324 e. The molecule has 3 heterocycles. The number of aromatic nitrogens is 4. The first-order valence-corrected chi connectivity index (χ1v) is 12.4. The second-order valence-electron chi connectivity index (χ2n) is 9.33. The Morgan fingerprint density at radius 1 is 1.13 bits per heavy atom. The summed E-state index contributed by atoms with van der Waals surface area (Å²) in [7, 11) is 0. The van der Waals surface area contributed by atoms with Gasteiger partial charge >= 0.3 is 6.18 Å². The van der Waals surface area contributed by atoms with Gasteiger partial charge in [-0.05, 0) is 19.9 Å². The van der Waals surface area contributed by atoms with Crippen molar-refractivity contribution in [3.63, 3.8) is 0 Å². The van der Waals surface area contributed by atoms with Crippen LogP contribution in [0.25, 0.3) is 0 Å². The summed E-state index contributed by atoms with van der Waals surface area (Å²) >= 11 is 6.63. The molecule has 0 aromatic carbocycles. The van der Waals surface area contributed by atoms with E-state index >= 15 is 0 Å². The van der Waals surface area contributed by atoms with Crippen LogP contribution >= 0.6 is 22.9 Å². The van der Waals surface area contributed by atoms with E-state index in [9.17, 15) is 27.6 Å². The first kappa shape index (κ1) is 29.3. The standard InChI is InChI=1S/C24H24ClF3N6O3S/c1-13(4-18(36)17-7-21(33-11-32-17)34(12-35)10-23(2,3)29)22-31-9-20(38-22)19(37)6-14-5-15(24(26,27)28)16(25)8-30-14/h5,7-9,11-13H,4,6,10,29H2,1-3H3. The second-order valence-corrected chi connectivity index (χ2v) is 10.8. The predicted molar refractivity (Wildman–Crippen MR) is 135 cm³/mol. The summed E-state index contributed by atoms with van der Waals surface area (Å²) in [6, 6.07) is 2.15. The van der Waals surface area contributed by atoms with Crippen molar-refractivity contribution in [2.75, 3.05) is 11.4 Å². The highest BCUT2D eigenvalue weighted by molar-refractivity contribution is 7.13. The molecule has 0 saturated carbocycles. The van der Waals surface area contributed by atoms with Crippen molar-refractivity contribution in [1.29, 1.82) is 0 Å². The number of hydrogen-bond acceptors (Lipinski definition) is 9. The van der Waals surface area contributed by atoms with Gasteiger partial charge in [0.15, 0.2) is 11.6 Å². The van der Waals surface area contributed by atoms with Crippen LogP contribution in [0.5, 0.6) is 0 Å². The van der Waals surface area contributed by atoms with Crippen LogP contribution in [-0.2, 0) is 17.4 Å². The fraction of sp³-hybridized carbons (Fsp3) is 0.375. The van der Waals surface area contributed by atoms with E-state index in [1.807, 2.05) is 0 Å². The lowest BCUT2D eigenvalue weighted by molar-refractivity contribution is -0.137. The predicted octanol–water partition coefficient (Wildman–Crippen LogP) is 4.50. The van der Waals surface area contributed by atoms with Crippen molar-refractivity contribution in [2.45, 2.75) is 51.2 Å². The van der Waals surface area contributed by atoms with Crippen LogP contribution in [0.4, 0.5) is 19.0 Å². The van der Waals surface area contributed by atoms with Gasteiger partial charge in [0.05, 0.1) is 26.9 Å². The molecule has 0 aliphatic carbocycles. The Kier molecular flexibility index (Phi) is 8.95. The molecule has 0 aliphatic heterocycles. The topological polar surface area (TPSA) is 132 Å². The number of nitrogens with zero attached hydrogens (tertiary/aromatic N) is 5. The maximum atomic E-state index is 13.1. The number of amides is 1. The monoisotopic (exact) mass is 568 g/mol. The van der Waals surface area contributed by atoms with E-state index in [1.54, 1.807) is 20.8 Å². The summed E-state index contributed by atoms with van der Waals surface area (Å²) in [5.74, 6) is -0.946. The largest absolute Gasteiger partial charge is 0.417 e. The average Bonchev–Trinajstić information content (AvgIpc) is 3.33. The third-order valence-corrected chi connectivity index (χ3v) is 6.78. The fourth-order valence-electron chi connectivity index (χ4n) is 3.43. The molecule has 3 aromatic rings. The summed E-state index contributed by atoms with van der Waals surface area (Å²) in [6.07, 6.45) is -1.09. The summed E-state index contributed by atoms with van der Waals surface area (Å²) in [4.78, 5) is 54.6. The van der Waals surface area contributed by atoms with Gasteiger partial charge in [-0.15, -0.1) is 11.3 Å². The zero-order chi connectivity index (χ0) is 28.3. The molecule has 2 N–H and O–H groups in total. The van der Waals surface area contributed by atoms with Gasteiger partial charge in [-0.2, -0.15) is 13.2 Å². The molecular formula is C24H24ClF3N6O3S. The van der Waals surface area contributed by atoms with Crippen molar-refractivity contribution in [3.8, 4) is 0 Å². The molecule has 3 rings (SSSR count). The molecule has 0 bridgehead atoms. The number of carbonyl (C=O) groups is 3. The van der Waals surface area contributed by atoms with E-state index in [1.165, 1.54) is 23.5 Å². The Morgan fingerprint density at radius 2 is 1.84 bits per heavy atom. The highest BCUT2D eigenvalue weighted by atomic mass is 35.5. The number of Topliss-reactive ketones (excluding diaryl/α,β-unsaturated/α-hetero) is 2. The van der Waals surface area contributed by atoms with E-state index in [-0.39, 0.29) is 53.2 Å². The van der Waals surface area contributed by atoms with Crippen LogP contribution in [0.2, 0.25) is 5.02 Å². The van der Waals surface area contributed by atoms with Crippen LogP contribution in [0.15, 0.2) is 30.9 Å². The molecule has 202 valence electrons. The summed E-state index contributed by atoms with van der Waals surface area (Å²) in [5.41, 5.74) is 4.25. The molecular weight excluding hydrogens is 545 g/mol. The SMILES string of the molecule is CC(CC(=O)c1cc(N(C=O)CC(C)(C)N)ncn1)c1ncc(C(=O)Cc2cc(C(F)(F)F)c(Cl)cn2)s1. The molecule has 0 radical (unpaired) electrons. The molecule has 0 aliphatic rings. The van der Waals surface area contributed by atoms with E-state index in [0.717, 1.165) is 23.6 Å². The number of hydrogen-bond donors (Lipinski definition) is 1. The number of halogens is 4. The zero-order valence-corrected chi connectivity index (χ0v) is 22.2. The van der Waals surface area contributed by atoms with E-state index in [0.29, 0.717) is 11.4 Å². The van der Waals surface area contributed by atoms with Crippen molar-refractivity contribution in [1.82, 2.24) is 19.9 Å². The lowest BCUT2D eigenvalue weighted by atomic mass is 10.0. The number of carbonyl (C=O) groups excluding carboxylic acids is 3. The van der Waals surface area contributed by atoms with E-state index < -0.39 is 28.1 Å². The number of rotatable bonds is 11. The molecule has 0 saturated heterocycles. The van der Waals surface area contributed by atoms with E-state index in [2.05, 4.69) is 19.9 Å². The molecule has 1 amide bonds. The number of alkyl halides is 3. The van der Waals surface area contributed by atoms with Crippen LogP contribution < -0.4 is 10.6 Å². The average molecular weight is 569 g/mol. The maximum Gasteiger partial charge on any atom is 0.417 e. The highest BCUT2D eigenvalue weighted by Gasteiger charge is 2.34. The molecule has 1 atom stereocenters. The summed E-state index contributed by atoms with van der Waals surface area (Å²) in [5, 5.41) is -0.0550. The normalized spacial score (nSPS) is 12.7. The lowest BCUT2D eigenvalue weighted by Crippen LogP contribution is -2.45. The molecule has 14 heteroatoms. The van der Waals surface area contributed by atoms with Gasteiger partial charge in [0.2, 0.25) is 6.41 Å². The van der Waals surface area contributed by atoms with Crippen LogP contribution in [0.3, 0.4) is 0 Å². The maximum absolute atomic E-state index is 13.1. The van der Waals surface area contributed by atoms with Gasteiger partial charge in [-0.3, -0.25) is 24.3 Å². The Hall–Kier alpha value is -3.29. The number of thiazole rings is 1. The van der Waals surface area contributed by atoms with Crippen molar-refractivity contribution < 1.29 is 27.6 Å².